The fraction of sp³-hybridized carbons (Fsp3) is 0.867. The minimum atomic E-state index is -0.345. The van der Waals surface area contributed by atoms with Gasteiger partial charge in [0.1, 0.15) is 12.2 Å². The molecule has 0 saturated carbocycles. The number of amides is 2. The van der Waals surface area contributed by atoms with E-state index in [2.05, 4.69) is 0 Å². The highest BCUT2D eigenvalue weighted by Crippen LogP contribution is 2.39. The zero-order chi connectivity index (χ0) is 28.8. The predicted molar refractivity (Wildman–Crippen MR) is 147 cm³/mol. The standard InChI is InChI=1S/C30H52N2O6/c1-27(2)17-23(18-28(3,4)31(27)21-33)37-25(35)15-13-11-9-10-12-14-16-26(36)38-24-19-29(5,6)32(22-34)30(7,8)20-24/h21-24H,9-20H2,1-8H3. The van der Waals surface area contributed by atoms with Crippen molar-refractivity contribution in [1.82, 2.24) is 9.80 Å². The summed E-state index contributed by atoms with van der Waals surface area (Å²) >= 11 is 0. The van der Waals surface area contributed by atoms with Gasteiger partial charge >= 0.3 is 11.9 Å². The van der Waals surface area contributed by atoms with E-state index in [0.29, 0.717) is 38.5 Å². The van der Waals surface area contributed by atoms with Crippen LogP contribution in [0.3, 0.4) is 0 Å². The Labute approximate surface area is 230 Å². The molecule has 218 valence electrons. The molecule has 2 aliphatic heterocycles. The molecule has 2 aliphatic rings. The van der Waals surface area contributed by atoms with Crippen LogP contribution in [0.2, 0.25) is 0 Å². The third-order valence-electron chi connectivity index (χ3n) is 8.34. The average Bonchev–Trinajstić information content (AvgIpc) is 2.72. The first-order chi connectivity index (χ1) is 17.5. The van der Waals surface area contributed by atoms with Crippen LogP contribution in [0.1, 0.15) is 132 Å². The van der Waals surface area contributed by atoms with Crippen molar-refractivity contribution in [3.8, 4) is 0 Å². The molecule has 0 spiro atoms. The second kappa shape index (κ2) is 12.8. The lowest BCUT2D eigenvalue weighted by molar-refractivity contribution is -0.164. The number of carbonyl (C=O) groups excluding carboxylic acids is 4. The minimum Gasteiger partial charge on any atom is -0.462 e. The van der Waals surface area contributed by atoms with E-state index in [0.717, 1.165) is 51.3 Å². The molecule has 0 aromatic heterocycles. The van der Waals surface area contributed by atoms with Gasteiger partial charge in [0.25, 0.3) is 0 Å². The summed E-state index contributed by atoms with van der Waals surface area (Å²) in [6, 6.07) is 0. The van der Waals surface area contributed by atoms with Gasteiger partial charge in [-0.25, -0.2) is 0 Å². The van der Waals surface area contributed by atoms with E-state index in [-0.39, 0.29) is 46.3 Å². The second-order valence-electron chi connectivity index (χ2n) is 13.9. The van der Waals surface area contributed by atoms with E-state index >= 15 is 0 Å². The van der Waals surface area contributed by atoms with Gasteiger partial charge in [-0.1, -0.05) is 25.7 Å². The molecule has 0 unspecified atom stereocenters. The molecular weight excluding hydrogens is 484 g/mol. The smallest absolute Gasteiger partial charge is 0.306 e. The van der Waals surface area contributed by atoms with Crippen molar-refractivity contribution in [2.75, 3.05) is 0 Å². The van der Waals surface area contributed by atoms with Gasteiger partial charge in [-0.2, -0.15) is 0 Å². The highest BCUT2D eigenvalue weighted by molar-refractivity contribution is 5.70. The monoisotopic (exact) mass is 536 g/mol. The largest absolute Gasteiger partial charge is 0.462 e. The van der Waals surface area contributed by atoms with E-state index < -0.39 is 0 Å². The normalized spacial score (nSPS) is 22.5. The molecular formula is C30H52N2O6. The summed E-state index contributed by atoms with van der Waals surface area (Å²) in [6.07, 6.45) is 10.5. The van der Waals surface area contributed by atoms with Crippen molar-refractivity contribution >= 4 is 24.8 Å². The number of hydrogen-bond donors (Lipinski definition) is 0. The fourth-order valence-corrected chi connectivity index (χ4v) is 6.88. The summed E-state index contributed by atoms with van der Waals surface area (Å²) in [6.45, 7) is 16.1. The van der Waals surface area contributed by atoms with Crippen LogP contribution >= 0.6 is 0 Å². The number of ether oxygens (including phenoxy) is 2. The van der Waals surface area contributed by atoms with Gasteiger partial charge in [-0.05, 0) is 68.2 Å². The van der Waals surface area contributed by atoms with Crippen molar-refractivity contribution in [2.45, 2.75) is 167 Å². The van der Waals surface area contributed by atoms with Crippen molar-refractivity contribution in [1.29, 1.82) is 0 Å². The topological polar surface area (TPSA) is 93.2 Å². The highest BCUT2D eigenvalue weighted by Gasteiger charge is 2.47. The third-order valence-corrected chi connectivity index (χ3v) is 8.34. The molecule has 8 nitrogen and oxygen atoms in total. The first kappa shape index (κ1) is 32.1. The first-order valence-corrected chi connectivity index (χ1v) is 14.4. The van der Waals surface area contributed by atoms with Gasteiger partial charge in [0.15, 0.2) is 0 Å². The molecule has 2 heterocycles. The maximum Gasteiger partial charge on any atom is 0.306 e. The summed E-state index contributed by atoms with van der Waals surface area (Å²) in [7, 11) is 0. The summed E-state index contributed by atoms with van der Waals surface area (Å²) in [5, 5.41) is 0. The molecule has 0 atom stereocenters. The Kier molecular flexibility index (Phi) is 10.8. The highest BCUT2D eigenvalue weighted by atomic mass is 16.5. The predicted octanol–water partition coefficient (Wildman–Crippen LogP) is 5.55. The lowest BCUT2D eigenvalue weighted by atomic mass is 9.78. The number of esters is 2. The fourth-order valence-electron chi connectivity index (χ4n) is 6.88. The van der Waals surface area contributed by atoms with Crippen LogP contribution in [0.5, 0.6) is 0 Å². The molecule has 2 fully saturated rings. The van der Waals surface area contributed by atoms with Gasteiger partial charge in [-0.3, -0.25) is 19.2 Å². The van der Waals surface area contributed by atoms with Gasteiger partial charge < -0.3 is 19.3 Å². The van der Waals surface area contributed by atoms with Crippen LogP contribution in [0.25, 0.3) is 0 Å². The molecule has 0 aromatic carbocycles. The molecule has 38 heavy (non-hydrogen) atoms. The Morgan fingerprint density at radius 3 is 1.11 bits per heavy atom. The molecule has 0 bridgehead atoms. The zero-order valence-corrected chi connectivity index (χ0v) is 25.1. The zero-order valence-electron chi connectivity index (χ0n) is 25.1. The summed E-state index contributed by atoms with van der Waals surface area (Å²) in [5.41, 5.74) is -1.38. The van der Waals surface area contributed by atoms with Gasteiger partial charge in [0.05, 0.1) is 0 Å². The van der Waals surface area contributed by atoms with Crippen LogP contribution in [0, 0.1) is 0 Å². The molecule has 8 heteroatoms. The van der Waals surface area contributed by atoms with E-state index in [4.69, 9.17) is 9.47 Å². The second-order valence-corrected chi connectivity index (χ2v) is 13.9. The molecule has 0 radical (unpaired) electrons. The van der Waals surface area contributed by atoms with E-state index in [1.165, 1.54) is 0 Å². The lowest BCUT2D eigenvalue weighted by Gasteiger charge is -2.53. The number of carbonyl (C=O) groups is 4. The first-order valence-electron chi connectivity index (χ1n) is 14.4. The third kappa shape index (κ3) is 8.70. The van der Waals surface area contributed by atoms with Gasteiger partial charge in [0, 0.05) is 60.7 Å². The molecule has 2 rings (SSSR count). The van der Waals surface area contributed by atoms with Crippen LogP contribution in [-0.4, -0.2) is 68.9 Å². The molecule has 0 aromatic rings. The van der Waals surface area contributed by atoms with Gasteiger partial charge in [-0.15, -0.1) is 0 Å². The van der Waals surface area contributed by atoms with Crippen molar-refractivity contribution < 1.29 is 28.7 Å². The van der Waals surface area contributed by atoms with Crippen LogP contribution in [-0.2, 0) is 28.7 Å². The molecule has 0 N–H and O–H groups in total. The average molecular weight is 537 g/mol. The number of piperidine rings is 2. The number of hydrogen-bond acceptors (Lipinski definition) is 6. The maximum absolute atomic E-state index is 12.4. The SMILES string of the molecule is CC1(C)CC(OC(=O)CCCCCCCCC(=O)OC2CC(C)(C)N(C=O)C(C)(C)C2)CC(C)(C)N1C=O. The Hall–Kier alpha value is -2.12. The number of unbranched alkanes of at least 4 members (excludes halogenated alkanes) is 5. The Morgan fingerprint density at radius 1 is 0.579 bits per heavy atom. The van der Waals surface area contributed by atoms with Crippen LogP contribution < -0.4 is 0 Å². The van der Waals surface area contributed by atoms with Crippen molar-refractivity contribution in [3.05, 3.63) is 0 Å². The van der Waals surface area contributed by atoms with E-state index in [1.54, 1.807) is 0 Å². The summed E-state index contributed by atoms with van der Waals surface area (Å²) < 4.78 is 11.5. The summed E-state index contributed by atoms with van der Waals surface area (Å²) in [4.78, 5) is 51.6. The molecule has 0 aliphatic carbocycles. The van der Waals surface area contributed by atoms with Crippen LogP contribution in [0.15, 0.2) is 0 Å². The Bertz CT molecular complexity index is 731. The molecule has 2 saturated heterocycles. The Balaban J connectivity index is 1.57. The maximum atomic E-state index is 12.4. The lowest BCUT2D eigenvalue weighted by Crippen LogP contribution is -2.61. The van der Waals surface area contributed by atoms with Crippen molar-refractivity contribution in [2.24, 2.45) is 0 Å². The Morgan fingerprint density at radius 2 is 0.842 bits per heavy atom. The van der Waals surface area contributed by atoms with Crippen molar-refractivity contribution in [3.63, 3.8) is 0 Å². The molecule has 2 amide bonds. The van der Waals surface area contributed by atoms with Crippen LogP contribution in [0.4, 0.5) is 0 Å². The number of rotatable bonds is 13. The quantitative estimate of drug-likeness (QED) is 0.174. The summed E-state index contributed by atoms with van der Waals surface area (Å²) in [5.74, 6) is -0.316. The van der Waals surface area contributed by atoms with E-state index in [1.807, 2.05) is 65.2 Å². The van der Waals surface area contributed by atoms with E-state index in [9.17, 15) is 19.2 Å². The minimum absolute atomic E-state index is 0.158. The van der Waals surface area contributed by atoms with Gasteiger partial charge in [0.2, 0.25) is 12.8 Å². The number of likely N-dealkylation sites (tertiary alicyclic amines) is 2. The number of nitrogens with zero attached hydrogens (tertiary/aromatic N) is 2.